The number of aromatic hydroxyl groups is 1. The van der Waals surface area contributed by atoms with Crippen LogP contribution in [-0.2, 0) is 9.53 Å². The molecule has 0 aliphatic rings. The van der Waals surface area contributed by atoms with Crippen LogP contribution in [0.3, 0.4) is 0 Å². The van der Waals surface area contributed by atoms with Crippen LogP contribution in [0.4, 0.5) is 0 Å². The number of benzene rings is 2. The number of aldehydes is 1. The van der Waals surface area contributed by atoms with Crippen molar-refractivity contribution in [2.24, 2.45) is 0 Å². The first-order chi connectivity index (χ1) is 11.1. The van der Waals surface area contributed by atoms with Crippen molar-refractivity contribution >= 4 is 23.9 Å². The molecule has 0 aliphatic carbocycles. The molecule has 0 spiro atoms. The van der Waals surface area contributed by atoms with Crippen molar-refractivity contribution in [1.29, 1.82) is 0 Å². The molecule has 0 radical (unpaired) electrons. The van der Waals surface area contributed by atoms with Gasteiger partial charge in [-0.15, -0.1) is 0 Å². The van der Waals surface area contributed by atoms with Gasteiger partial charge in [0, 0.05) is 5.56 Å². The van der Waals surface area contributed by atoms with E-state index in [0.29, 0.717) is 34.3 Å². The summed E-state index contributed by atoms with van der Waals surface area (Å²) >= 11 is 0. The predicted octanol–water partition coefficient (Wildman–Crippen LogP) is 2.93. The lowest BCUT2D eigenvalue weighted by Gasteiger charge is -2.08. The van der Waals surface area contributed by atoms with Gasteiger partial charge in [-0.3, -0.25) is 4.79 Å². The second kappa shape index (κ2) is 7.26. The van der Waals surface area contributed by atoms with Gasteiger partial charge in [0.2, 0.25) is 0 Å². The molecule has 0 aromatic heterocycles. The van der Waals surface area contributed by atoms with Gasteiger partial charge in [-0.1, -0.05) is 12.1 Å². The molecular formula is C18H16O5. The van der Waals surface area contributed by atoms with Crippen molar-refractivity contribution in [2.75, 3.05) is 14.2 Å². The molecule has 1 N–H and O–H groups in total. The predicted molar refractivity (Wildman–Crippen MR) is 86.4 cm³/mol. The highest BCUT2D eigenvalue weighted by atomic mass is 16.5. The molecule has 23 heavy (non-hydrogen) atoms. The molecule has 0 saturated heterocycles. The lowest BCUT2D eigenvalue weighted by molar-refractivity contribution is -0.133. The maximum absolute atomic E-state index is 12.1. The third kappa shape index (κ3) is 3.97. The van der Waals surface area contributed by atoms with Gasteiger partial charge < -0.3 is 14.6 Å². The molecule has 0 amide bonds. The third-order valence-electron chi connectivity index (χ3n) is 3.22. The standard InChI is InChI=1S/C18H16O5/c1-22-16-8-12(7-13(9-16)11-19)10-17(18(21)23-2)14-3-5-15(20)6-4-14/h3-11,20H,1-2H3. The minimum atomic E-state index is -0.522. The molecule has 0 atom stereocenters. The minimum Gasteiger partial charge on any atom is -0.508 e. The molecule has 0 heterocycles. The first-order valence-corrected chi connectivity index (χ1v) is 6.81. The molecule has 118 valence electrons. The number of phenols is 1. The topological polar surface area (TPSA) is 72.8 Å². The van der Waals surface area contributed by atoms with Crippen LogP contribution in [0.1, 0.15) is 21.5 Å². The van der Waals surface area contributed by atoms with Gasteiger partial charge >= 0.3 is 5.97 Å². The Morgan fingerprint density at radius 3 is 2.26 bits per heavy atom. The third-order valence-corrected chi connectivity index (χ3v) is 3.22. The second-order valence-corrected chi connectivity index (χ2v) is 4.75. The first kappa shape index (κ1) is 16.3. The Hall–Kier alpha value is -3.08. The zero-order chi connectivity index (χ0) is 16.8. The molecule has 0 unspecified atom stereocenters. The molecule has 0 bridgehead atoms. The van der Waals surface area contributed by atoms with E-state index in [1.807, 2.05) is 0 Å². The van der Waals surface area contributed by atoms with Gasteiger partial charge in [0.25, 0.3) is 0 Å². The Bertz CT molecular complexity index is 745. The first-order valence-electron chi connectivity index (χ1n) is 6.81. The van der Waals surface area contributed by atoms with Gasteiger partial charge in [0.05, 0.1) is 19.8 Å². The Labute approximate surface area is 133 Å². The van der Waals surface area contributed by atoms with Gasteiger partial charge in [0.15, 0.2) is 0 Å². The Balaban J connectivity index is 2.55. The highest BCUT2D eigenvalue weighted by molar-refractivity contribution is 6.21. The molecule has 0 aliphatic heterocycles. The monoisotopic (exact) mass is 312 g/mol. The summed E-state index contributed by atoms with van der Waals surface area (Å²) in [6.07, 6.45) is 2.31. The molecule has 0 saturated carbocycles. The number of rotatable bonds is 5. The summed E-state index contributed by atoms with van der Waals surface area (Å²) in [4.78, 5) is 23.1. The molecule has 5 nitrogen and oxygen atoms in total. The lowest BCUT2D eigenvalue weighted by atomic mass is 10.0. The Kier molecular flexibility index (Phi) is 5.15. The summed E-state index contributed by atoms with van der Waals surface area (Å²) < 4.78 is 9.96. The smallest absolute Gasteiger partial charge is 0.338 e. The van der Waals surface area contributed by atoms with E-state index >= 15 is 0 Å². The highest BCUT2D eigenvalue weighted by Crippen LogP contribution is 2.24. The number of carbonyl (C=O) groups excluding carboxylic acids is 2. The van der Waals surface area contributed by atoms with Crippen LogP contribution < -0.4 is 4.74 Å². The van der Waals surface area contributed by atoms with E-state index < -0.39 is 5.97 Å². The van der Waals surface area contributed by atoms with E-state index in [0.717, 1.165) is 0 Å². The minimum absolute atomic E-state index is 0.0996. The van der Waals surface area contributed by atoms with Gasteiger partial charge in [-0.25, -0.2) is 4.79 Å². The highest BCUT2D eigenvalue weighted by Gasteiger charge is 2.13. The van der Waals surface area contributed by atoms with Crippen molar-refractivity contribution < 1.29 is 24.2 Å². The van der Waals surface area contributed by atoms with Gasteiger partial charge in [-0.05, 0) is 47.5 Å². The van der Waals surface area contributed by atoms with Crippen LogP contribution in [0.2, 0.25) is 0 Å². The molecule has 5 heteroatoms. The van der Waals surface area contributed by atoms with Crippen LogP contribution in [0.25, 0.3) is 11.6 Å². The summed E-state index contributed by atoms with van der Waals surface area (Å²) in [7, 11) is 2.79. The number of hydrogen-bond donors (Lipinski definition) is 1. The molecule has 2 rings (SSSR count). The molecular weight excluding hydrogens is 296 g/mol. The summed E-state index contributed by atoms with van der Waals surface area (Å²) in [5, 5.41) is 9.37. The Morgan fingerprint density at radius 1 is 1.04 bits per heavy atom. The number of hydrogen-bond acceptors (Lipinski definition) is 5. The zero-order valence-electron chi connectivity index (χ0n) is 12.8. The summed E-state index contributed by atoms with van der Waals surface area (Å²) in [6.45, 7) is 0. The summed E-state index contributed by atoms with van der Waals surface area (Å²) in [5.74, 6) is 0.0875. The van der Waals surface area contributed by atoms with Crippen molar-refractivity contribution in [2.45, 2.75) is 0 Å². The van der Waals surface area contributed by atoms with Crippen molar-refractivity contribution in [3.63, 3.8) is 0 Å². The summed E-state index contributed by atoms with van der Waals surface area (Å²) in [6, 6.07) is 11.1. The number of ether oxygens (including phenoxy) is 2. The van der Waals surface area contributed by atoms with Crippen molar-refractivity contribution in [3.05, 3.63) is 59.2 Å². The van der Waals surface area contributed by atoms with Gasteiger partial charge in [-0.2, -0.15) is 0 Å². The van der Waals surface area contributed by atoms with Gasteiger partial charge in [0.1, 0.15) is 17.8 Å². The molecule has 0 fully saturated rings. The van der Waals surface area contributed by atoms with Crippen molar-refractivity contribution in [1.82, 2.24) is 0 Å². The molecule has 2 aromatic rings. The van der Waals surface area contributed by atoms with E-state index in [1.54, 1.807) is 36.4 Å². The van der Waals surface area contributed by atoms with Crippen LogP contribution in [-0.4, -0.2) is 31.6 Å². The zero-order valence-corrected chi connectivity index (χ0v) is 12.8. The fraction of sp³-hybridized carbons (Fsp3) is 0.111. The van der Waals surface area contributed by atoms with Crippen LogP contribution in [0.5, 0.6) is 11.5 Å². The average molecular weight is 312 g/mol. The van der Waals surface area contributed by atoms with Crippen LogP contribution in [0, 0.1) is 0 Å². The maximum atomic E-state index is 12.1. The Morgan fingerprint density at radius 2 is 1.70 bits per heavy atom. The van der Waals surface area contributed by atoms with E-state index in [9.17, 15) is 14.7 Å². The summed E-state index contributed by atoms with van der Waals surface area (Å²) in [5.41, 5.74) is 1.95. The largest absolute Gasteiger partial charge is 0.508 e. The SMILES string of the molecule is COC(=O)C(=Cc1cc(C=O)cc(OC)c1)c1ccc(O)cc1. The number of esters is 1. The quantitative estimate of drug-likeness (QED) is 0.398. The van der Waals surface area contributed by atoms with E-state index in [-0.39, 0.29) is 5.75 Å². The number of carbonyl (C=O) groups is 2. The fourth-order valence-electron chi connectivity index (χ4n) is 2.09. The lowest BCUT2D eigenvalue weighted by Crippen LogP contribution is -2.04. The number of phenolic OH excluding ortho intramolecular Hbond substituents is 1. The average Bonchev–Trinajstić information content (AvgIpc) is 2.59. The number of methoxy groups -OCH3 is 2. The maximum Gasteiger partial charge on any atom is 0.338 e. The van der Waals surface area contributed by atoms with Crippen molar-refractivity contribution in [3.8, 4) is 11.5 Å². The fourth-order valence-corrected chi connectivity index (χ4v) is 2.09. The van der Waals surface area contributed by atoms with Crippen LogP contribution >= 0.6 is 0 Å². The normalized spacial score (nSPS) is 11.0. The van der Waals surface area contributed by atoms with E-state index in [2.05, 4.69) is 0 Å². The molecule has 2 aromatic carbocycles. The second-order valence-electron chi connectivity index (χ2n) is 4.75. The van der Waals surface area contributed by atoms with E-state index in [4.69, 9.17) is 9.47 Å². The van der Waals surface area contributed by atoms with E-state index in [1.165, 1.54) is 26.4 Å². The van der Waals surface area contributed by atoms with Crippen LogP contribution in [0.15, 0.2) is 42.5 Å².